The van der Waals surface area contributed by atoms with Crippen molar-refractivity contribution in [2.75, 3.05) is 6.54 Å². The molecular weight excluding hydrogens is 300 g/mol. The maximum absolute atomic E-state index is 12.8. The first-order valence-electron chi connectivity index (χ1n) is 8.52. The van der Waals surface area contributed by atoms with Crippen LogP contribution < -0.4 is 10.6 Å². The minimum absolute atomic E-state index is 0.0681. The largest absolute Gasteiger partial charge is 0.390 e. The van der Waals surface area contributed by atoms with Crippen LogP contribution in [0.15, 0.2) is 54.6 Å². The van der Waals surface area contributed by atoms with Gasteiger partial charge in [0.05, 0.1) is 18.2 Å². The van der Waals surface area contributed by atoms with Crippen molar-refractivity contribution in [3.63, 3.8) is 0 Å². The van der Waals surface area contributed by atoms with Gasteiger partial charge in [-0.05, 0) is 29.7 Å². The second kappa shape index (κ2) is 7.60. The second-order valence-corrected chi connectivity index (χ2v) is 6.26. The van der Waals surface area contributed by atoms with Gasteiger partial charge in [0.1, 0.15) is 0 Å². The van der Waals surface area contributed by atoms with E-state index < -0.39 is 6.10 Å². The molecule has 0 radical (unpaired) electrons. The van der Waals surface area contributed by atoms with Crippen LogP contribution in [0, 0.1) is 0 Å². The monoisotopic (exact) mass is 324 g/mol. The molecule has 0 saturated heterocycles. The molecule has 2 aromatic carbocycles. The van der Waals surface area contributed by atoms with E-state index in [-0.39, 0.29) is 18.0 Å². The third-order valence-corrected chi connectivity index (χ3v) is 4.55. The Morgan fingerprint density at radius 3 is 2.62 bits per heavy atom. The van der Waals surface area contributed by atoms with E-state index in [1.54, 1.807) is 0 Å². The average Bonchev–Trinajstić information content (AvgIpc) is 2.91. The third-order valence-electron chi connectivity index (χ3n) is 4.55. The highest BCUT2D eigenvalue weighted by Crippen LogP contribution is 2.31. The Morgan fingerprint density at radius 1 is 1.17 bits per heavy atom. The lowest BCUT2D eigenvalue weighted by molar-refractivity contribution is -0.124. The quantitative estimate of drug-likeness (QED) is 0.761. The summed E-state index contributed by atoms with van der Waals surface area (Å²) in [5.41, 5.74) is 3.25. The van der Waals surface area contributed by atoms with Crippen molar-refractivity contribution in [1.82, 2.24) is 10.6 Å². The van der Waals surface area contributed by atoms with Gasteiger partial charge in [0.15, 0.2) is 0 Å². The molecule has 4 heteroatoms. The van der Waals surface area contributed by atoms with Crippen molar-refractivity contribution in [2.45, 2.75) is 38.0 Å². The number of nitrogens with one attached hydrogen (secondary N) is 2. The topological polar surface area (TPSA) is 61.4 Å². The normalized spacial score (nSPS) is 20.4. The zero-order valence-corrected chi connectivity index (χ0v) is 13.9. The summed E-state index contributed by atoms with van der Waals surface area (Å²) >= 11 is 0. The molecular formula is C20H24N2O2. The van der Waals surface area contributed by atoms with Crippen molar-refractivity contribution in [3.05, 3.63) is 71.3 Å². The van der Waals surface area contributed by atoms with Crippen LogP contribution >= 0.6 is 0 Å². The predicted octanol–water partition coefficient (Wildman–Crippen LogP) is 1.98. The Kier molecular flexibility index (Phi) is 5.28. The van der Waals surface area contributed by atoms with E-state index in [1.165, 1.54) is 0 Å². The summed E-state index contributed by atoms with van der Waals surface area (Å²) < 4.78 is 0. The van der Waals surface area contributed by atoms with Crippen molar-refractivity contribution in [3.8, 4) is 0 Å². The van der Waals surface area contributed by atoms with Gasteiger partial charge in [-0.15, -0.1) is 0 Å². The van der Waals surface area contributed by atoms with Crippen LogP contribution in [0.3, 0.4) is 0 Å². The molecule has 0 fully saturated rings. The molecule has 0 aromatic heterocycles. The van der Waals surface area contributed by atoms with Crippen LogP contribution in [0.2, 0.25) is 0 Å². The molecule has 4 nitrogen and oxygen atoms in total. The Bertz CT molecular complexity index is 687. The Morgan fingerprint density at radius 2 is 1.88 bits per heavy atom. The fraction of sp³-hybridized carbons (Fsp3) is 0.350. The number of benzene rings is 2. The number of hydrogen-bond donors (Lipinski definition) is 3. The number of fused-ring (bicyclic) bond motifs is 1. The number of aliphatic hydroxyl groups is 1. The van der Waals surface area contributed by atoms with Crippen LogP contribution in [0.1, 0.15) is 29.7 Å². The summed E-state index contributed by atoms with van der Waals surface area (Å²) in [7, 11) is 0. The van der Waals surface area contributed by atoms with Gasteiger partial charge >= 0.3 is 0 Å². The highest BCUT2D eigenvalue weighted by Gasteiger charge is 2.33. The van der Waals surface area contributed by atoms with Gasteiger partial charge in [-0.3, -0.25) is 4.79 Å². The number of carbonyl (C=O) groups excluding carboxylic acids is 1. The zero-order chi connectivity index (χ0) is 16.9. The first-order valence-corrected chi connectivity index (χ1v) is 8.52. The van der Waals surface area contributed by atoms with Gasteiger partial charge in [-0.2, -0.15) is 0 Å². The molecule has 3 N–H and O–H groups in total. The van der Waals surface area contributed by atoms with E-state index in [9.17, 15) is 9.90 Å². The first kappa shape index (κ1) is 16.7. The van der Waals surface area contributed by atoms with Crippen LogP contribution in [0.5, 0.6) is 0 Å². The number of rotatable bonds is 6. The third kappa shape index (κ3) is 3.66. The van der Waals surface area contributed by atoms with Gasteiger partial charge in [0.2, 0.25) is 5.91 Å². The van der Waals surface area contributed by atoms with Crippen LogP contribution in [-0.2, 0) is 17.6 Å². The molecule has 2 aromatic rings. The van der Waals surface area contributed by atoms with Crippen LogP contribution in [0.25, 0.3) is 0 Å². The fourth-order valence-electron chi connectivity index (χ4n) is 3.36. The minimum atomic E-state index is -0.564. The van der Waals surface area contributed by atoms with E-state index in [0.29, 0.717) is 19.4 Å². The van der Waals surface area contributed by atoms with Gasteiger partial charge < -0.3 is 15.7 Å². The molecule has 1 amide bonds. The molecule has 126 valence electrons. The highest BCUT2D eigenvalue weighted by atomic mass is 16.3. The summed E-state index contributed by atoms with van der Waals surface area (Å²) in [5.74, 6) is -0.0681. The van der Waals surface area contributed by atoms with E-state index in [0.717, 1.165) is 16.7 Å². The lowest BCUT2D eigenvalue weighted by atomic mass is 10.0. The van der Waals surface area contributed by atoms with Gasteiger partial charge in [0, 0.05) is 6.42 Å². The number of likely N-dealkylation sites (N-methyl/N-ethyl adjacent to an activating group) is 1. The molecule has 3 atom stereocenters. The summed E-state index contributed by atoms with van der Waals surface area (Å²) in [6.45, 7) is 2.71. The Labute approximate surface area is 142 Å². The van der Waals surface area contributed by atoms with Crippen molar-refractivity contribution in [2.24, 2.45) is 0 Å². The van der Waals surface area contributed by atoms with Crippen molar-refractivity contribution >= 4 is 5.91 Å². The summed E-state index contributed by atoms with van der Waals surface area (Å²) in [6, 6.07) is 17.2. The van der Waals surface area contributed by atoms with Crippen LogP contribution in [0.4, 0.5) is 0 Å². The Hall–Kier alpha value is -2.17. The molecule has 1 aliphatic carbocycles. The molecule has 0 saturated carbocycles. The van der Waals surface area contributed by atoms with E-state index in [4.69, 9.17) is 0 Å². The van der Waals surface area contributed by atoms with Crippen molar-refractivity contribution < 1.29 is 9.90 Å². The maximum Gasteiger partial charge on any atom is 0.238 e. The fourth-order valence-corrected chi connectivity index (χ4v) is 3.36. The Balaban J connectivity index is 1.72. The van der Waals surface area contributed by atoms with Crippen molar-refractivity contribution in [1.29, 1.82) is 0 Å². The van der Waals surface area contributed by atoms with E-state index in [2.05, 4.69) is 10.6 Å². The molecule has 0 aliphatic heterocycles. The summed E-state index contributed by atoms with van der Waals surface area (Å²) in [5, 5.41) is 16.6. The van der Waals surface area contributed by atoms with E-state index >= 15 is 0 Å². The van der Waals surface area contributed by atoms with Gasteiger partial charge in [0.25, 0.3) is 0 Å². The zero-order valence-electron chi connectivity index (χ0n) is 13.9. The summed E-state index contributed by atoms with van der Waals surface area (Å²) in [4.78, 5) is 12.8. The molecule has 1 unspecified atom stereocenters. The van der Waals surface area contributed by atoms with E-state index in [1.807, 2.05) is 61.5 Å². The number of carbonyl (C=O) groups is 1. The summed E-state index contributed by atoms with van der Waals surface area (Å²) in [6.07, 6.45) is 0.654. The average molecular weight is 324 g/mol. The minimum Gasteiger partial charge on any atom is -0.390 e. The highest BCUT2D eigenvalue weighted by molar-refractivity contribution is 5.82. The van der Waals surface area contributed by atoms with Gasteiger partial charge in [-0.25, -0.2) is 0 Å². The lowest BCUT2D eigenvalue weighted by Gasteiger charge is -2.23. The van der Waals surface area contributed by atoms with Crippen LogP contribution in [-0.4, -0.2) is 29.7 Å². The molecule has 3 rings (SSSR count). The standard InChI is InChI=1S/C20H24N2O2/c1-2-21-17(12-14-8-4-3-5-9-14)20(24)22-19-16-11-7-6-10-15(16)13-18(19)23/h3-11,17-19,21,23H,2,12-13H2,1H3,(H,22,24)/t17?,18-,19+/m0/s1. The number of aliphatic hydroxyl groups excluding tert-OH is 1. The molecule has 0 bridgehead atoms. The predicted molar refractivity (Wildman–Crippen MR) is 94.6 cm³/mol. The number of amides is 1. The SMILES string of the molecule is CCNC(Cc1ccccc1)C(=O)N[C@@H]1c2ccccc2C[C@@H]1O. The molecule has 24 heavy (non-hydrogen) atoms. The van der Waals surface area contributed by atoms with Gasteiger partial charge in [-0.1, -0.05) is 61.5 Å². The smallest absolute Gasteiger partial charge is 0.238 e. The number of hydrogen-bond acceptors (Lipinski definition) is 3. The molecule has 0 heterocycles. The maximum atomic E-state index is 12.8. The first-order chi connectivity index (χ1) is 11.7. The molecule has 0 spiro atoms. The molecule has 1 aliphatic rings. The lowest BCUT2D eigenvalue weighted by Crippen LogP contribution is -2.48. The second-order valence-electron chi connectivity index (χ2n) is 6.26.